The summed E-state index contributed by atoms with van der Waals surface area (Å²) in [6, 6.07) is 13.4. The lowest BCUT2D eigenvalue weighted by molar-refractivity contribution is -0.117. The van der Waals surface area contributed by atoms with Gasteiger partial charge in [-0.2, -0.15) is 0 Å². The number of hydrogen-bond donors (Lipinski definition) is 1. The summed E-state index contributed by atoms with van der Waals surface area (Å²) in [6.45, 7) is -0.363. The summed E-state index contributed by atoms with van der Waals surface area (Å²) < 4.78 is 28.0. The Morgan fingerprint density at radius 2 is 1.77 bits per heavy atom. The number of hydrogen-bond acceptors (Lipinski definition) is 2. The zero-order valence-electron chi connectivity index (χ0n) is 15.3. The van der Waals surface area contributed by atoms with Gasteiger partial charge in [-0.25, -0.2) is 8.78 Å². The number of fused-ring (bicyclic) bond motifs is 1. The van der Waals surface area contributed by atoms with E-state index in [0.29, 0.717) is 21.8 Å². The molecule has 0 bridgehead atoms. The van der Waals surface area contributed by atoms with Gasteiger partial charge in [-0.3, -0.25) is 9.59 Å². The van der Waals surface area contributed by atoms with Crippen LogP contribution in [-0.4, -0.2) is 23.3 Å². The van der Waals surface area contributed by atoms with E-state index in [9.17, 15) is 18.4 Å². The molecule has 1 aliphatic heterocycles. The highest BCUT2D eigenvalue weighted by Crippen LogP contribution is 2.38. The smallest absolute Gasteiger partial charge is 0.259 e. The maximum absolute atomic E-state index is 14.5. The maximum Gasteiger partial charge on any atom is 0.259 e. The molecular weight excluding hydrogens is 433 g/mol. The van der Waals surface area contributed by atoms with Crippen molar-refractivity contribution in [3.8, 4) is 0 Å². The van der Waals surface area contributed by atoms with Crippen molar-refractivity contribution in [2.24, 2.45) is 0 Å². The highest BCUT2D eigenvalue weighted by Gasteiger charge is 2.35. The zero-order valence-corrected chi connectivity index (χ0v) is 16.8. The monoisotopic (exact) mass is 446 g/mol. The van der Waals surface area contributed by atoms with Gasteiger partial charge in [0.2, 0.25) is 5.91 Å². The van der Waals surface area contributed by atoms with Crippen LogP contribution in [0.4, 0.5) is 14.5 Å². The summed E-state index contributed by atoms with van der Waals surface area (Å²) in [4.78, 5) is 27.2. The third-order valence-corrected chi connectivity index (χ3v) is 5.38. The molecule has 30 heavy (non-hydrogen) atoms. The SMILES string of the molecule is O=C1CN(C(=O)c2c(F)cccc2Cl)C(c2ccc(F)cc2)c2cc(Cl)ccc2N1. The van der Waals surface area contributed by atoms with E-state index < -0.39 is 29.5 Å². The highest BCUT2D eigenvalue weighted by molar-refractivity contribution is 6.34. The van der Waals surface area contributed by atoms with E-state index in [1.807, 2.05) is 0 Å². The fraction of sp³-hybridized carbons (Fsp3) is 0.0909. The van der Waals surface area contributed by atoms with Crippen molar-refractivity contribution in [1.29, 1.82) is 0 Å². The minimum atomic E-state index is -0.832. The van der Waals surface area contributed by atoms with Crippen LogP contribution in [0.1, 0.15) is 27.5 Å². The average Bonchev–Trinajstić information content (AvgIpc) is 2.84. The van der Waals surface area contributed by atoms with Crippen LogP contribution >= 0.6 is 23.2 Å². The van der Waals surface area contributed by atoms with Gasteiger partial charge in [-0.1, -0.05) is 41.4 Å². The molecule has 4 nitrogen and oxygen atoms in total. The van der Waals surface area contributed by atoms with Gasteiger partial charge in [0.15, 0.2) is 0 Å². The lowest BCUT2D eigenvalue weighted by Gasteiger charge is -2.31. The molecule has 0 saturated heterocycles. The third kappa shape index (κ3) is 3.76. The molecule has 152 valence electrons. The molecule has 2 amide bonds. The molecule has 1 unspecified atom stereocenters. The number of carbonyl (C=O) groups excluding carboxylic acids is 2. The van der Waals surface area contributed by atoms with Crippen LogP contribution in [0, 0.1) is 11.6 Å². The Hall–Kier alpha value is -2.96. The van der Waals surface area contributed by atoms with Gasteiger partial charge in [0, 0.05) is 16.3 Å². The number of nitrogens with one attached hydrogen (secondary N) is 1. The molecule has 3 aromatic rings. The van der Waals surface area contributed by atoms with Crippen molar-refractivity contribution in [2.45, 2.75) is 6.04 Å². The van der Waals surface area contributed by atoms with Crippen LogP contribution in [-0.2, 0) is 4.79 Å². The lowest BCUT2D eigenvalue weighted by Crippen LogP contribution is -2.39. The maximum atomic E-state index is 14.5. The van der Waals surface area contributed by atoms with Gasteiger partial charge in [0.1, 0.15) is 18.2 Å². The van der Waals surface area contributed by atoms with Gasteiger partial charge in [-0.05, 0) is 48.0 Å². The van der Waals surface area contributed by atoms with E-state index in [1.54, 1.807) is 18.2 Å². The third-order valence-electron chi connectivity index (χ3n) is 4.83. The van der Waals surface area contributed by atoms with Gasteiger partial charge < -0.3 is 10.2 Å². The summed E-state index contributed by atoms with van der Waals surface area (Å²) in [5, 5.41) is 3.04. The number of benzene rings is 3. The predicted molar refractivity (Wildman–Crippen MR) is 111 cm³/mol. The molecule has 1 heterocycles. The number of amides is 2. The Balaban J connectivity index is 1.93. The number of halogens is 4. The second-order valence-corrected chi connectivity index (χ2v) is 7.61. The first kappa shape index (κ1) is 20.3. The first-order chi connectivity index (χ1) is 14.3. The summed E-state index contributed by atoms with van der Waals surface area (Å²) in [5.41, 5.74) is 1.15. The Morgan fingerprint density at radius 1 is 1.03 bits per heavy atom. The molecule has 8 heteroatoms. The molecule has 0 fully saturated rings. The standard InChI is InChI=1S/C22H14Cl2F2N2O2/c23-13-6-9-18-15(10-13)21(12-4-7-14(25)8-5-12)28(11-19(29)27-18)22(30)20-16(24)2-1-3-17(20)26/h1-10,21H,11H2,(H,27,29). The van der Waals surface area contributed by atoms with Crippen LogP contribution in [0.5, 0.6) is 0 Å². The van der Waals surface area contributed by atoms with E-state index in [-0.39, 0.29) is 17.1 Å². The topological polar surface area (TPSA) is 49.4 Å². The molecule has 0 aromatic heterocycles. The first-order valence-electron chi connectivity index (χ1n) is 8.95. The molecule has 1 N–H and O–H groups in total. The molecule has 0 aliphatic carbocycles. The number of rotatable bonds is 2. The zero-order chi connectivity index (χ0) is 21.4. The molecular formula is C22H14Cl2F2N2O2. The normalized spacial score (nSPS) is 15.9. The Kier molecular flexibility index (Phi) is 5.45. The molecule has 4 rings (SSSR count). The predicted octanol–water partition coefficient (Wildman–Crippen LogP) is 5.46. The highest BCUT2D eigenvalue weighted by atomic mass is 35.5. The molecule has 0 saturated carbocycles. The van der Waals surface area contributed by atoms with E-state index in [2.05, 4.69) is 5.32 Å². The van der Waals surface area contributed by atoms with Gasteiger partial charge >= 0.3 is 0 Å². The van der Waals surface area contributed by atoms with Crippen molar-refractivity contribution in [1.82, 2.24) is 4.90 Å². The molecule has 0 spiro atoms. The van der Waals surface area contributed by atoms with Crippen LogP contribution in [0.3, 0.4) is 0 Å². The van der Waals surface area contributed by atoms with Gasteiger partial charge in [0.25, 0.3) is 5.91 Å². The summed E-state index contributed by atoms with van der Waals surface area (Å²) >= 11 is 12.3. The molecule has 1 aliphatic rings. The summed E-state index contributed by atoms with van der Waals surface area (Å²) in [7, 11) is 0. The number of nitrogens with zero attached hydrogens (tertiary/aromatic N) is 1. The second-order valence-electron chi connectivity index (χ2n) is 6.76. The van der Waals surface area contributed by atoms with Crippen molar-refractivity contribution < 1.29 is 18.4 Å². The summed E-state index contributed by atoms with van der Waals surface area (Å²) in [6.07, 6.45) is 0. The average molecular weight is 447 g/mol. The fourth-order valence-corrected chi connectivity index (χ4v) is 3.94. The van der Waals surface area contributed by atoms with Crippen molar-refractivity contribution in [2.75, 3.05) is 11.9 Å². The minimum Gasteiger partial charge on any atom is -0.324 e. The van der Waals surface area contributed by atoms with Crippen LogP contribution in [0.2, 0.25) is 10.0 Å². The fourth-order valence-electron chi connectivity index (χ4n) is 3.52. The quantitative estimate of drug-likeness (QED) is 0.568. The van der Waals surface area contributed by atoms with Gasteiger partial charge in [-0.15, -0.1) is 0 Å². The Bertz CT molecular complexity index is 1130. The van der Waals surface area contributed by atoms with Crippen molar-refractivity contribution in [3.63, 3.8) is 0 Å². The van der Waals surface area contributed by atoms with Crippen LogP contribution in [0.15, 0.2) is 60.7 Å². The van der Waals surface area contributed by atoms with E-state index in [4.69, 9.17) is 23.2 Å². The summed E-state index contributed by atoms with van der Waals surface area (Å²) in [5.74, 6) is -2.50. The van der Waals surface area contributed by atoms with Crippen molar-refractivity contribution in [3.05, 3.63) is 99.0 Å². The van der Waals surface area contributed by atoms with Crippen LogP contribution < -0.4 is 5.32 Å². The lowest BCUT2D eigenvalue weighted by atomic mass is 9.95. The molecule has 0 radical (unpaired) electrons. The van der Waals surface area contributed by atoms with E-state index >= 15 is 0 Å². The second kappa shape index (κ2) is 8.05. The van der Waals surface area contributed by atoms with Crippen LogP contribution in [0.25, 0.3) is 0 Å². The number of carbonyl (C=O) groups is 2. The largest absolute Gasteiger partial charge is 0.324 e. The van der Waals surface area contributed by atoms with Crippen molar-refractivity contribution >= 4 is 40.7 Å². The number of anilines is 1. The van der Waals surface area contributed by atoms with Gasteiger partial charge in [0.05, 0.1) is 16.6 Å². The van der Waals surface area contributed by atoms with E-state index in [1.165, 1.54) is 41.3 Å². The Morgan fingerprint density at radius 3 is 2.47 bits per heavy atom. The molecule has 1 atom stereocenters. The first-order valence-corrected chi connectivity index (χ1v) is 9.70. The Labute approximate surface area is 181 Å². The minimum absolute atomic E-state index is 0.0752. The van der Waals surface area contributed by atoms with E-state index in [0.717, 1.165) is 6.07 Å². The molecule has 3 aromatic carbocycles.